The van der Waals surface area contributed by atoms with Crippen molar-refractivity contribution >= 4 is 17.0 Å². The highest BCUT2D eigenvalue weighted by molar-refractivity contribution is 5.80. The van der Waals surface area contributed by atoms with Gasteiger partial charge in [0.25, 0.3) is 0 Å². The first-order valence-electron chi connectivity index (χ1n) is 7.38. The largest absolute Gasteiger partial charge is 0.369 e. The van der Waals surface area contributed by atoms with E-state index in [0.29, 0.717) is 23.5 Å². The average molecular weight is 268 g/mol. The molecule has 1 unspecified atom stereocenters. The van der Waals surface area contributed by atoms with Crippen LogP contribution in [0.3, 0.4) is 0 Å². The van der Waals surface area contributed by atoms with Crippen molar-refractivity contribution in [3.8, 4) is 6.07 Å². The second kappa shape index (κ2) is 5.16. The normalized spacial score (nSPS) is 18.0. The number of aromatic nitrogens is 2. The molecule has 4 heteroatoms. The van der Waals surface area contributed by atoms with Gasteiger partial charge in [-0.3, -0.25) is 0 Å². The van der Waals surface area contributed by atoms with Crippen LogP contribution < -0.4 is 5.73 Å². The number of benzene rings is 1. The highest BCUT2D eigenvalue weighted by Crippen LogP contribution is 2.36. The van der Waals surface area contributed by atoms with E-state index < -0.39 is 0 Å². The quantitative estimate of drug-likeness (QED) is 0.904. The lowest BCUT2D eigenvalue weighted by atomic mass is 9.84. The van der Waals surface area contributed by atoms with Crippen molar-refractivity contribution in [1.82, 2.24) is 9.55 Å². The van der Waals surface area contributed by atoms with E-state index in [-0.39, 0.29) is 0 Å². The van der Waals surface area contributed by atoms with E-state index in [1.54, 1.807) is 6.07 Å². The van der Waals surface area contributed by atoms with Crippen LogP contribution in [0.4, 0.5) is 5.95 Å². The van der Waals surface area contributed by atoms with E-state index in [4.69, 9.17) is 11.0 Å². The number of hydrogen-bond donors (Lipinski definition) is 1. The molecule has 4 nitrogen and oxygen atoms in total. The van der Waals surface area contributed by atoms with Crippen molar-refractivity contribution in [2.75, 3.05) is 5.73 Å². The number of anilines is 1. The summed E-state index contributed by atoms with van der Waals surface area (Å²) in [5.41, 5.74) is 8.65. The van der Waals surface area contributed by atoms with Gasteiger partial charge in [-0.05, 0) is 43.9 Å². The molecule has 1 atom stereocenters. The van der Waals surface area contributed by atoms with Crippen LogP contribution in [0.2, 0.25) is 0 Å². The molecule has 0 spiro atoms. The van der Waals surface area contributed by atoms with Crippen LogP contribution in [-0.2, 0) is 0 Å². The third-order valence-corrected chi connectivity index (χ3v) is 4.59. The number of nitrogens with zero attached hydrogens (tertiary/aromatic N) is 3. The molecule has 1 heterocycles. The first-order chi connectivity index (χ1) is 9.70. The van der Waals surface area contributed by atoms with Gasteiger partial charge in [0.15, 0.2) is 0 Å². The molecule has 1 aromatic carbocycles. The third-order valence-electron chi connectivity index (χ3n) is 4.59. The summed E-state index contributed by atoms with van der Waals surface area (Å²) in [4.78, 5) is 4.44. The first kappa shape index (κ1) is 13.0. The standard InChI is InChI=1S/C16H20N4/c1-11(13-5-3-2-4-6-13)20-15-9-12(10-17)7-8-14(15)19-16(20)18/h7-9,11,13H,2-6H2,1H3,(H2,18,19). The maximum atomic E-state index is 9.07. The van der Waals surface area contributed by atoms with Crippen LogP contribution >= 0.6 is 0 Å². The molecule has 0 amide bonds. The Kier molecular flexibility index (Phi) is 3.35. The maximum absolute atomic E-state index is 9.07. The number of nitrogen functional groups attached to an aromatic ring is 1. The van der Waals surface area contributed by atoms with Gasteiger partial charge in [-0.25, -0.2) is 4.98 Å². The van der Waals surface area contributed by atoms with Crippen molar-refractivity contribution in [3.05, 3.63) is 23.8 Å². The zero-order chi connectivity index (χ0) is 14.1. The van der Waals surface area contributed by atoms with E-state index in [1.807, 2.05) is 12.1 Å². The highest BCUT2D eigenvalue weighted by atomic mass is 15.2. The minimum atomic E-state index is 0.342. The van der Waals surface area contributed by atoms with Crippen LogP contribution in [0.1, 0.15) is 50.6 Å². The third kappa shape index (κ3) is 2.14. The summed E-state index contributed by atoms with van der Waals surface area (Å²) in [6.45, 7) is 2.23. The van der Waals surface area contributed by atoms with Crippen LogP contribution in [0.25, 0.3) is 11.0 Å². The zero-order valence-corrected chi connectivity index (χ0v) is 11.8. The molecule has 0 radical (unpaired) electrons. The summed E-state index contributed by atoms with van der Waals surface area (Å²) < 4.78 is 2.12. The Morgan fingerprint density at radius 3 is 2.80 bits per heavy atom. The van der Waals surface area contributed by atoms with E-state index in [0.717, 1.165) is 11.0 Å². The molecule has 2 N–H and O–H groups in total. The van der Waals surface area contributed by atoms with Crippen molar-refractivity contribution in [2.24, 2.45) is 5.92 Å². The molecule has 2 aromatic rings. The molecular weight excluding hydrogens is 248 g/mol. The van der Waals surface area contributed by atoms with Crippen LogP contribution in [0.15, 0.2) is 18.2 Å². The second-order valence-electron chi connectivity index (χ2n) is 5.79. The molecule has 1 aliphatic rings. The molecule has 1 aliphatic carbocycles. The van der Waals surface area contributed by atoms with Gasteiger partial charge >= 0.3 is 0 Å². The molecule has 0 aliphatic heterocycles. The van der Waals surface area contributed by atoms with Crippen molar-refractivity contribution in [2.45, 2.75) is 45.1 Å². The number of rotatable bonds is 2. The Bertz CT molecular complexity index is 659. The van der Waals surface area contributed by atoms with Gasteiger partial charge in [0, 0.05) is 6.04 Å². The van der Waals surface area contributed by atoms with Crippen LogP contribution in [-0.4, -0.2) is 9.55 Å². The number of nitrogens with two attached hydrogens (primary N) is 1. The van der Waals surface area contributed by atoms with Gasteiger partial charge in [0.2, 0.25) is 5.95 Å². The average Bonchev–Trinajstić information content (AvgIpc) is 2.82. The molecule has 3 rings (SSSR count). The van der Waals surface area contributed by atoms with E-state index in [2.05, 4.69) is 22.5 Å². The number of imidazole rings is 1. The number of hydrogen-bond acceptors (Lipinski definition) is 3. The summed E-state index contributed by atoms with van der Waals surface area (Å²) in [5, 5.41) is 9.07. The van der Waals surface area contributed by atoms with Crippen molar-refractivity contribution in [1.29, 1.82) is 5.26 Å². The predicted molar refractivity (Wildman–Crippen MR) is 80.1 cm³/mol. The Labute approximate surface area is 119 Å². The van der Waals surface area contributed by atoms with Crippen molar-refractivity contribution < 1.29 is 0 Å². The maximum Gasteiger partial charge on any atom is 0.201 e. The minimum Gasteiger partial charge on any atom is -0.369 e. The lowest BCUT2D eigenvalue weighted by Gasteiger charge is -2.29. The SMILES string of the molecule is CC(C1CCCCC1)n1c(N)nc2ccc(C#N)cc21. The molecule has 1 aromatic heterocycles. The van der Waals surface area contributed by atoms with Crippen LogP contribution in [0.5, 0.6) is 0 Å². The highest BCUT2D eigenvalue weighted by Gasteiger charge is 2.24. The lowest BCUT2D eigenvalue weighted by molar-refractivity contribution is 0.269. The summed E-state index contributed by atoms with van der Waals surface area (Å²) in [6, 6.07) is 8.11. The fourth-order valence-electron chi connectivity index (χ4n) is 3.44. The Balaban J connectivity index is 2.05. The smallest absolute Gasteiger partial charge is 0.201 e. The Morgan fingerprint density at radius 1 is 1.35 bits per heavy atom. The Morgan fingerprint density at radius 2 is 2.10 bits per heavy atom. The molecule has 20 heavy (non-hydrogen) atoms. The first-order valence-corrected chi connectivity index (χ1v) is 7.38. The summed E-state index contributed by atoms with van der Waals surface area (Å²) in [7, 11) is 0. The van der Waals surface area contributed by atoms with Gasteiger partial charge in [-0.15, -0.1) is 0 Å². The Hall–Kier alpha value is -2.02. The predicted octanol–water partition coefficient (Wildman–Crippen LogP) is 3.63. The summed E-state index contributed by atoms with van der Waals surface area (Å²) in [5.74, 6) is 1.22. The van der Waals surface area contributed by atoms with Crippen LogP contribution in [0, 0.1) is 17.2 Å². The van der Waals surface area contributed by atoms with Gasteiger partial charge in [0.1, 0.15) is 0 Å². The van der Waals surface area contributed by atoms with E-state index in [9.17, 15) is 0 Å². The topological polar surface area (TPSA) is 67.6 Å². The van der Waals surface area contributed by atoms with E-state index in [1.165, 1.54) is 32.1 Å². The number of nitriles is 1. The monoisotopic (exact) mass is 268 g/mol. The molecule has 0 saturated heterocycles. The zero-order valence-electron chi connectivity index (χ0n) is 11.8. The minimum absolute atomic E-state index is 0.342. The lowest BCUT2D eigenvalue weighted by Crippen LogP contribution is -2.20. The summed E-state index contributed by atoms with van der Waals surface area (Å²) >= 11 is 0. The molecule has 0 bridgehead atoms. The van der Waals surface area contributed by atoms with Gasteiger partial charge in [-0.2, -0.15) is 5.26 Å². The summed E-state index contributed by atoms with van der Waals surface area (Å²) in [6.07, 6.45) is 6.49. The van der Waals surface area contributed by atoms with Gasteiger partial charge < -0.3 is 10.3 Å². The van der Waals surface area contributed by atoms with Gasteiger partial charge in [-0.1, -0.05) is 19.3 Å². The second-order valence-corrected chi connectivity index (χ2v) is 5.79. The van der Waals surface area contributed by atoms with Crippen molar-refractivity contribution in [3.63, 3.8) is 0 Å². The molecule has 104 valence electrons. The molecular formula is C16H20N4. The molecule has 1 fully saturated rings. The number of fused-ring (bicyclic) bond motifs is 1. The molecule has 1 saturated carbocycles. The van der Waals surface area contributed by atoms with E-state index >= 15 is 0 Å². The fraction of sp³-hybridized carbons (Fsp3) is 0.500. The van der Waals surface area contributed by atoms with Gasteiger partial charge in [0.05, 0.1) is 22.7 Å². The fourth-order valence-corrected chi connectivity index (χ4v) is 3.44.